The molecule has 0 radical (unpaired) electrons. The van der Waals surface area contributed by atoms with Gasteiger partial charge in [0.1, 0.15) is 12.2 Å². The summed E-state index contributed by atoms with van der Waals surface area (Å²) in [5.41, 5.74) is 2.28. The van der Waals surface area contributed by atoms with Crippen molar-refractivity contribution in [1.29, 1.82) is 0 Å². The van der Waals surface area contributed by atoms with Crippen LogP contribution in [0.2, 0.25) is 0 Å². The Balaban J connectivity index is 0. The molecule has 114 valence electrons. The van der Waals surface area contributed by atoms with Gasteiger partial charge >= 0.3 is 35.5 Å². The van der Waals surface area contributed by atoms with Gasteiger partial charge in [0, 0.05) is 13.5 Å². The zero-order chi connectivity index (χ0) is 14.3. The van der Waals surface area contributed by atoms with Gasteiger partial charge in [-0.1, -0.05) is 58.3 Å². The second-order valence-electron chi connectivity index (χ2n) is 4.97. The summed E-state index contributed by atoms with van der Waals surface area (Å²) in [5.74, 6) is -0.522. The molecule has 0 aliphatic heterocycles. The molecule has 0 aromatic heterocycles. The molecule has 5 heteroatoms. The number of hydroxylamine groups is 1. The zero-order valence-corrected chi connectivity index (χ0v) is 12.5. The van der Waals surface area contributed by atoms with Crippen LogP contribution in [0, 0.1) is 0 Å². The van der Waals surface area contributed by atoms with Gasteiger partial charge in [-0.2, -0.15) is 5.48 Å². The Bertz CT molecular complexity index is 247. The summed E-state index contributed by atoms with van der Waals surface area (Å²) >= 11 is 0. The Morgan fingerprint density at radius 3 is 1.90 bits per heavy atom. The van der Waals surface area contributed by atoms with E-state index in [1.165, 1.54) is 52.0 Å². The molecule has 0 atom stereocenters. The second kappa shape index (κ2) is 17.2. The molecule has 0 bridgehead atoms. The van der Waals surface area contributed by atoms with E-state index in [1.807, 2.05) is 0 Å². The number of rotatable bonds is 13. The first kappa shape index (κ1) is 22.4. The molecule has 1 N–H and O–H groups in total. The van der Waals surface area contributed by atoms with E-state index >= 15 is 0 Å². The van der Waals surface area contributed by atoms with E-state index in [9.17, 15) is 9.59 Å². The van der Waals surface area contributed by atoms with Crippen molar-refractivity contribution in [2.45, 2.75) is 77.6 Å². The van der Waals surface area contributed by atoms with Crippen LogP contribution in [-0.4, -0.2) is 48.4 Å². The number of carbonyl (C=O) groups is 2. The maximum absolute atomic E-state index is 11.4. The van der Waals surface area contributed by atoms with Crippen LogP contribution in [0.4, 0.5) is 0 Å². The van der Waals surface area contributed by atoms with Gasteiger partial charge < -0.3 is 4.84 Å². The van der Waals surface area contributed by atoms with Crippen LogP contribution >= 0.6 is 0 Å². The molecular weight excluding hydrogens is 265 g/mol. The summed E-state index contributed by atoms with van der Waals surface area (Å²) in [6.45, 7) is 2.23. The first-order valence-corrected chi connectivity index (χ1v) is 7.58. The van der Waals surface area contributed by atoms with Crippen LogP contribution in [0.1, 0.15) is 77.6 Å². The predicted molar refractivity (Wildman–Crippen MR) is 83.8 cm³/mol. The quantitative estimate of drug-likeness (QED) is 0.246. The predicted octanol–water partition coefficient (Wildman–Crippen LogP) is 2.90. The van der Waals surface area contributed by atoms with Crippen molar-refractivity contribution >= 4 is 41.3 Å². The minimum absolute atomic E-state index is 0. The van der Waals surface area contributed by atoms with Crippen molar-refractivity contribution in [2.24, 2.45) is 0 Å². The molecule has 0 aromatic rings. The number of carbonyl (C=O) groups excluding carboxylic acids is 2. The van der Waals surface area contributed by atoms with E-state index < -0.39 is 5.97 Å². The molecule has 0 unspecified atom stereocenters. The number of Topliss-reactive ketones (excluding diaryl/α,β-unsaturated/α-hetero) is 1. The number of hydrogen-bond donors (Lipinski definition) is 1. The molecule has 0 amide bonds. The van der Waals surface area contributed by atoms with Gasteiger partial charge in [0.25, 0.3) is 0 Å². The van der Waals surface area contributed by atoms with E-state index in [1.54, 1.807) is 0 Å². The summed E-state index contributed by atoms with van der Waals surface area (Å²) in [6, 6.07) is 0. The first-order chi connectivity index (χ1) is 9.20. The topological polar surface area (TPSA) is 55.4 Å². The van der Waals surface area contributed by atoms with Crippen LogP contribution in [0.15, 0.2) is 0 Å². The fourth-order valence-corrected chi connectivity index (χ4v) is 2.03. The van der Waals surface area contributed by atoms with Gasteiger partial charge in [0.2, 0.25) is 0 Å². The average Bonchev–Trinajstić information content (AvgIpc) is 2.37. The van der Waals surface area contributed by atoms with E-state index in [0.29, 0.717) is 6.42 Å². The van der Waals surface area contributed by atoms with Gasteiger partial charge in [0.05, 0.1) is 0 Å². The fourth-order valence-electron chi connectivity index (χ4n) is 2.03. The SMILES string of the molecule is CCCCCCCCCCCC(=O)CC(=O)ONC.[NaH]. The molecule has 0 saturated carbocycles. The number of nitrogens with one attached hydrogen (secondary N) is 1. The number of ketones is 1. The van der Waals surface area contributed by atoms with Crippen molar-refractivity contribution in [3.05, 3.63) is 0 Å². The monoisotopic (exact) mass is 295 g/mol. The first-order valence-electron chi connectivity index (χ1n) is 7.58. The molecule has 0 spiro atoms. The molecule has 0 aliphatic rings. The third kappa shape index (κ3) is 16.2. The van der Waals surface area contributed by atoms with Crippen molar-refractivity contribution < 1.29 is 14.4 Å². The molecule has 0 saturated heterocycles. The zero-order valence-electron chi connectivity index (χ0n) is 12.5. The van der Waals surface area contributed by atoms with Gasteiger partial charge in [0.15, 0.2) is 0 Å². The summed E-state index contributed by atoms with van der Waals surface area (Å²) in [5, 5.41) is 0. The van der Waals surface area contributed by atoms with Crippen molar-refractivity contribution in [3.8, 4) is 0 Å². The Morgan fingerprint density at radius 1 is 0.900 bits per heavy atom. The molecule has 0 aromatic carbocycles. The number of unbranched alkanes of at least 4 members (excludes halogenated alkanes) is 8. The minimum atomic E-state index is -0.497. The van der Waals surface area contributed by atoms with Crippen molar-refractivity contribution in [1.82, 2.24) is 5.48 Å². The summed E-state index contributed by atoms with van der Waals surface area (Å²) in [4.78, 5) is 26.9. The summed E-state index contributed by atoms with van der Waals surface area (Å²) in [7, 11) is 1.50. The molecular formula is C15H30NNaO3. The standard InChI is InChI=1S/C15H29NO3.Na.H/c1-3-4-5-6-7-8-9-10-11-12-14(17)13-15(18)19-16-2;;/h16H,3-13H2,1-2H3;;. The van der Waals surface area contributed by atoms with Crippen LogP contribution in [-0.2, 0) is 14.4 Å². The van der Waals surface area contributed by atoms with Crippen molar-refractivity contribution in [2.75, 3.05) is 7.05 Å². The maximum atomic E-state index is 11.4. The molecule has 0 heterocycles. The number of hydrogen-bond acceptors (Lipinski definition) is 4. The molecule has 0 aliphatic carbocycles. The van der Waals surface area contributed by atoms with E-state index in [0.717, 1.165) is 12.8 Å². The van der Waals surface area contributed by atoms with Gasteiger partial charge in [-0.05, 0) is 6.42 Å². The fraction of sp³-hybridized carbons (Fsp3) is 0.867. The van der Waals surface area contributed by atoms with Gasteiger partial charge in [-0.25, -0.2) is 4.79 Å². The Labute approximate surface area is 145 Å². The van der Waals surface area contributed by atoms with E-state index in [2.05, 4.69) is 17.2 Å². The van der Waals surface area contributed by atoms with Crippen LogP contribution in [0.25, 0.3) is 0 Å². The molecule has 20 heavy (non-hydrogen) atoms. The second-order valence-corrected chi connectivity index (χ2v) is 4.97. The third-order valence-electron chi connectivity index (χ3n) is 3.12. The van der Waals surface area contributed by atoms with Crippen LogP contribution < -0.4 is 5.48 Å². The van der Waals surface area contributed by atoms with Gasteiger partial charge in [-0.3, -0.25) is 4.79 Å². The van der Waals surface area contributed by atoms with Crippen LogP contribution in [0.3, 0.4) is 0 Å². The van der Waals surface area contributed by atoms with E-state index in [-0.39, 0.29) is 41.8 Å². The molecule has 0 rings (SSSR count). The molecule has 4 nitrogen and oxygen atoms in total. The van der Waals surface area contributed by atoms with Gasteiger partial charge in [-0.15, -0.1) is 0 Å². The van der Waals surface area contributed by atoms with Crippen molar-refractivity contribution in [3.63, 3.8) is 0 Å². The third-order valence-corrected chi connectivity index (χ3v) is 3.12. The summed E-state index contributed by atoms with van der Waals surface area (Å²) < 4.78 is 0. The van der Waals surface area contributed by atoms with Crippen LogP contribution in [0.5, 0.6) is 0 Å². The Morgan fingerprint density at radius 2 is 1.40 bits per heavy atom. The Hall–Kier alpha value is 0.1000. The molecule has 0 fully saturated rings. The Kier molecular flexibility index (Phi) is 19.2. The van der Waals surface area contributed by atoms with E-state index in [4.69, 9.17) is 0 Å². The average molecular weight is 295 g/mol. The summed E-state index contributed by atoms with van der Waals surface area (Å²) in [6.07, 6.45) is 11.4. The normalized spacial score (nSPS) is 9.90.